The first kappa shape index (κ1) is 49.8. The van der Waals surface area contributed by atoms with Crippen molar-refractivity contribution >= 4 is 33.3 Å². The summed E-state index contributed by atoms with van der Waals surface area (Å²) < 4.78 is 7.00. The van der Waals surface area contributed by atoms with Gasteiger partial charge in [-0.05, 0) is 75.5 Å². The third kappa shape index (κ3) is 13.1. The monoisotopic (exact) mass is 1030 g/mol. The first-order chi connectivity index (χ1) is 28.7. The Labute approximate surface area is 386 Å². The van der Waals surface area contributed by atoms with Crippen LogP contribution in [0.2, 0.25) is 10.0 Å². The number of hydrogen-bond donors (Lipinski definition) is 1. The predicted molar refractivity (Wildman–Crippen MR) is 263 cm³/mol. The molecule has 0 bridgehead atoms. The molecule has 0 saturated heterocycles. The Morgan fingerprint density at radius 2 is 1.05 bits per heavy atom. The van der Waals surface area contributed by atoms with E-state index in [0.717, 1.165) is 22.5 Å². The zero-order valence-corrected chi connectivity index (χ0v) is 43.3. The Morgan fingerprint density at radius 3 is 1.44 bits per heavy atom. The topological polar surface area (TPSA) is 46.7 Å². The van der Waals surface area contributed by atoms with Crippen LogP contribution in [0.15, 0.2) is 113 Å². The van der Waals surface area contributed by atoms with Crippen LogP contribution in [0.1, 0.15) is 157 Å². The van der Waals surface area contributed by atoms with Gasteiger partial charge in [0, 0.05) is 11.1 Å². The van der Waals surface area contributed by atoms with E-state index in [1.807, 2.05) is 43.3 Å². The van der Waals surface area contributed by atoms with Crippen molar-refractivity contribution in [3.05, 3.63) is 164 Å². The number of phenols is 1. The molecule has 1 heterocycles. The number of phenolic OH excluding ortho intramolecular Hbond substituents is 1. The van der Waals surface area contributed by atoms with Crippen molar-refractivity contribution in [3.8, 4) is 28.0 Å². The molecule has 0 fully saturated rings. The maximum absolute atomic E-state index is 12.0. The van der Waals surface area contributed by atoms with Gasteiger partial charge in [0.15, 0.2) is 0 Å². The normalized spacial score (nSPS) is 11.4. The van der Waals surface area contributed by atoms with E-state index in [2.05, 4.69) is 170 Å². The molecule has 0 unspecified atom stereocenters. The Hall–Kier alpha value is -3.88. The van der Waals surface area contributed by atoms with E-state index in [9.17, 15) is 5.11 Å². The summed E-state index contributed by atoms with van der Waals surface area (Å²) in [6.07, 6.45) is 1.79. The number of rotatable bonds is 10. The molecule has 324 valence electrons. The minimum atomic E-state index is -1.01. The predicted octanol–water partition coefficient (Wildman–Crippen LogP) is 17.3. The number of aromatic nitrogens is 1. The van der Waals surface area contributed by atoms with Crippen molar-refractivity contribution in [2.45, 2.75) is 132 Å². The van der Waals surface area contributed by atoms with E-state index in [-0.39, 0.29) is 5.41 Å². The minimum Gasteiger partial charge on any atom is -0.668 e. The molecular weight excluding hydrogens is 959 g/mol. The quantitative estimate of drug-likeness (QED) is 0.149. The molecule has 0 saturated carbocycles. The summed E-state index contributed by atoms with van der Waals surface area (Å²) in [6.45, 7) is 31.2. The molecule has 1 N–H and O–H groups in total. The molecule has 3 nitrogen and oxygen atoms in total. The second kappa shape index (κ2) is 22.5. The van der Waals surface area contributed by atoms with Crippen LogP contribution in [0.5, 0.6) is 5.75 Å². The number of hydrogen-bond acceptors (Lipinski definition) is 2. The van der Waals surface area contributed by atoms with Crippen molar-refractivity contribution in [1.29, 1.82) is 0 Å². The molecule has 1 aromatic heterocycles. The van der Waals surface area contributed by atoms with Gasteiger partial charge in [0.2, 0.25) is 0 Å². The van der Waals surface area contributed by atoms with E-state index in [1.165, 1.54) is 50.1 Å². The van der Waals surface area contributed by atoms with Crippen LogP contribution in [0.4, 0.5) is 5.69 Å². The number of aromatic hydroxyl groups is 1. The Balaban J connectivity index is 0.000000262. The van der Waals surface area contributed by atoms with Crippen LogP contribution in [-0.4, -0.2) is 9.51 Å². The van der Waals surface area contributed by atoms with Gasteiger partial charge in [-0.2, -0.15) is 11.9 Å². The van der Waals surface area contributed by atoms with Crippen molar-refractivity contribution in [3.63, 3.8) is 0 Å². The molecule has 0 spiro atoms. The molecule has 0 aliphatic carbocycles. The largest absolute Gasteiger partial charge is 0.668 e. The van der Waals surface area contributed by atoms with Gasteiger partial charge >= 0.3 is 138 Å². The minimum absolute atomic E-state index is 0.0309. The second-order valence-corrected chi connectivity index (χ2v) is 21.2. The first-order valence-electron chi connectivity index (χ1n) is 21.6. The van der Waals surface area contributed by atoms with E-state index in [0.29, 0.717) is 45.4 Å². The van der Waals surface area contributed by atoms with Gasteiger partial charge < -0.3 is 10.1 Å². The third-order valence-corrected chi connectivity index (χ3v) is 15.1. The van der Waals surface area contributed by atoms with Crippen LogP contribution in [0, 0.1) is 13.8 Å². The van der Waals surface area contributed by atoms with Gasteiger partial charge in [0.25, 0.3) is 0 Å². The number of para-hydroxylation sites is 1. The molecule has 0 atom stereocenters. The van der Waals surface area contributed by atoms with Crippen LogP contribution in [0.3, 0.4) is 0 Å². The average molecular weight is 1030 g/mol. The van der Waals surface area contributed by atoms with Crippen LogP contribution in [-0.2, 0) is 23.3 Å². The van der Waals surface area contributed by atoms with Crippen molar-refractivity contribution in [2.75, 3.05) is 0 Å². The summed E-state index contributed by atoms with van der Waals surface area (Å²) in [5, 5.41) is 13.2. The summed E-state index contributed by atoms with van der Waals surface area (Å²) in [6, 6.07) is 35.5. The van der Waals surface area contributed by atoms with Gasteiger partial charge in [0.05, 0.1) is 0 Å². The summed E-state index contributed by atoms with van der Waals surface area (Å²) in [5.74, 6) is 2.33. The summed E-state index contributed by atoms with van der Waals surface area (Å²) in [5.41, 5.74) is 15.4. The third-order valence-electron chi connectivity index (χ3n) is 10.9. The van der Waals surface area contributed by atoms with E-state index >= 15 is 0 Å². The molecule has 6 rings (SSSR count). The van der Waals surface area contributed by atoms with Crippen LogP contribution >= 0.6 is 23.2 Å². The van der Waals surface area contributed by atoms with Gasteiger partial charge in [-0.15, -0.1) is 0 Å². The Kier molecular flexibility index (Phi) is 18.3. The Morgan fingerprint density at radius 1 is 0.590 bits per heavy atom. The second-order valence-electron chi connectivity index (χ2n) is 18.1. The molecule has 0 aliphatic heterocycles. The van der Waals surface area contributed by atoms with Gasteiger partial charge in [-0.25, -0.2) is 0 Å². The maximum atomic E-state index is 12.0. The maximum Gasteiger partial charge on any atom is 0.131 e. The fraction of sp³-hybridized carbons (Fsp3) is 0.364. The standard InChI is InChI=1S/C34H46O.C10H12.C6H3Cl2N.C5H6N.W/c1-19(2)25-17-30(22(7)8)33(31(18-25)23(9)10)27-14-12-13-26(34(27)35)32-28(20(3)4)15-24(11)16-29(32)21(5)6;1-10(2,3)9-7-5-4-6-8-9;7-4-2-1-3-5(8)6(4)9;1-5-3-2-4-6-5;/h12-23,35H,1-11H3;1,4-8H,2-3H3;1-3H;2-4H,1H3;/q;;;-1;. The fourth-order valence-corrected chi connectivity index (χ4v) is 11.0. The van der Waals surface area contributed by atoms with Gasteiger partial charge in [-0.3, -0.25) is 0 Å². The number of benzene rings is 5. The van der Waals surface area contributed by atoms with Crippen molar-refractivity contribution < 1.29 is 23.0 Å². The van der Waals surface area contributed by atoms with Crippen molar-refractivity contribution in [1.82, 2.24) is 4.98 Å². The fourth-order valence-electron chi connectivity index (χ4n) is 7.39. The average Bonchev–Trinajstić information content (AvgIpc) is 3.69. The smallest absolute Gasteiger partial charge is 0.131 e. The number of aryl methyl sites for hydroxylation is 2. The summed E-state index contributed by atoms with van der Waals surface area (Å²) in [4.78, 5) is 3.92. The zero-order chi connectivity index (χ0) is 45.2. The molecule has 0 amide bonds. The Bertz CT molecular complexity index is 2340. The molecule has 6 heteroatoms. The number of halogens is 2. The van der Waals surface area contributed by atoms with Gasteiger partial charge in [0.1, 0.15) is 5.75 Å². The van der Waals surface area contributed by atoms with Gasteiger partial charge in [-0.1, -0.05) is 136 Å². The molecule has 0 aliphatic rings. The molecule has 5 aromatic carbocycles. The van der Waals surface area contributed by atoms with E-state index in [4.69, 9.17) is 23.2 Å². The molecule has 61 heavy (non-hydrogen) atoms. The summed E-state index contributed by atoms with van der Waals surface area (Å²) >= 11 is 11.3. The first-order valence-corrected chi connectivity index (χ1v) is 25.4. The van der Waals surface area contributed by atoms with Crippen molar-refractivity contribution in [2.24, 2.45) is 3.50 Å². The molecular formula is C55H67Cl2N2OW-. The number of nitrogens with zero attached hydrogens (tertiary/aromatic N) is 2. The summed E-state index contributed by atoms with van der Waals surface area (Å²) in [7, 11) is 0. The van der Waals surface area contributed by atoms with E-state index in [1.54, 1.807) is 6.20 Å². The van der Waals surface area contributed by atoms with E-state index < -0.39 is 17.9 Å². The molecule has 0 radical (unpaired) electrons. The molecule has 6 aromatic rings. The zero-order valence-electron chi connectivity index (χ0n) is 38.9. The SMILES string of the molecule is CC(C)([CH]=[W]=[N]c1c(Cl)cccc1Cl)c1ccccc1.Cc1cc(C(C)C)c(-c2cccc(-c3c(C(C)C)cc(C(C)C)cc3C(C)C)c2O)c(C(C)C)c1.Cc1ccc[n-]1. The van der Waals surface area contributed by atoms with Crippen LogP contribution in [0.25, 0.3) is 22.3 Å². The van der Waals surface area contributed by atoms with Crippen LogP contribution < -0.4 is 4.98 Å².